The van der Waals surface area contributed by atoms with E-state index in [0.29, 0.717) is 11.7 Å². The van der Waals surface area contributed by atoms with Crippen LogP contribution in [0.4, 0.5) is 4.39 Å². The monoisotopic (exact) mass is 339 g/mol. The SMILES string of the molecule is COc1ccc(C(C)C)cc1/C=C1\N=C(c2ccccc2F)OC1=O. The normalized spacial score (nSPS) is 15.5. The van der Waals surface area contributed by atoms with Crippen molar-refractivity contribution in [2.24, 2.45) is 4.99 Å². The van der Waals surface area contributed by atoms with E-state index in [1.165, 1.54) is 12.1 Å². The largest absolute Gasteiger partial charge is 0.496 e. The van der Waals surface area contributed by atoms with Gasteiger partial charge >= 0.3 is 5.97 Å². The average molecular weight is 339 g/mol. The second-order valence-corrected chi connectivity index (χ2v) is 5.97. The van der Waals surface area contributed by atoms with E-state index in [4.69, 9.17) is 9.47 Å². The summed E-state index contributed by atoms with van der Waals surface area (Å²) in [6, 6.07) is 11.8. The first-order chi connectivity index (χ1) is 12.0. The predicted octanol–water partition coefficient (Wildman–Crippen LogP) is 4.30. The second kappa shape index (κ2) is 6.89. The Morgan fingerprint density at radius 3 is 2.64 bits per heavy atom. The molecule has 1 aliphatic rings. The molecule has 0 unspecified atom stereocenters. The Morgan fingerprint density at radius 2 is 1.96 bits per heavy atom. The molecule has 4 nitrogen and oxygen atoms in total. The number of esters is 1. The molecule has 0 amide bonds. The minimum absolute atomic E-state index is 0.0340. The maximum Gasteiger partial charge on any atom is 0.363 e. The highest BCUT2D eigenvalue weighted by molar-refractivity contribution is 6.13. The van der Waals surface area contributed by atoms with Crippen LogP contribution in [-0.4, -0.2) is 19.0 Å². The molecule has 0 spiro atoms. The third kappa shape index (κ3) is 3.45. The summed E-state index contributed by atoms with van der Waals surface area (Å²) in [5, 5.41) is 0. The lowest BCUT2D eigenvalue weighted by molar-refractivity contribution is -0.129. The van der Waals surface area contributed by atoms with Gasteiger partial charge in [-0.05, 0) is 41.8 Å². The molecule has 0 saturated carbocycles. The zero-order chi connectivity index (χ0) is 18.0. The Bertz CT molecular complexity index is 884. The van der Waals surface area contributed by atoms with Crippen LogP contribution in [0, 0.1) is 5.82 Å². The minimum atomic E-state index is -0.616. The van der Waals surface area contributed by atoms with Crippen molar-refractivity contribution in [1.29, 1.82) is 0 Å². The van der Waals surface area contributed by atoms with Crippen molar-refractivity contribution in [3.05, 3.63) is 70.7 Å². The van der Waals surface area contributed by atoms with Crippen LogP contribution < -0.4 is 4.74 Å². The first-order valence-corrected chi connectivity index (χ1v) is 7.95. The Kier molecular flexibility index (Phi) is 4.65. The fraction of sp³-hybridized carbons (Fsp3) is 0.200. The highest BCUT2D eigenvalue weighted by Gasteiger charge is 2.26. The van der Waals surface area contributed by atoms with Crippen molar-refractivity contribution >= 4 is 17.9 Å². The fourth-order valence-electron chi connectivity index (χ4n) is 2.53. The van der Waals surface area contributed by atoms with E-state index < -0.39 is 11.8 Å². The van der Waals surface area contributed by atoms with Gasteiger partial charge in [0.2, 0.25) is 5.90 Å². The van der Waals surface area contributed by atoms with E-state index in [1.807, 2.05) is 18.2 Å². The van der Waals surface area contributed by atoms with E-state index in [-0.39, 0.29) is 17.2 Å². The van der Waals surface area contributed by atoms with Crippen LogP contribution in [0.25, 0.3) is 6.08 Å². The highest BCUT2D eigenvalue weighted by Crippen LogP contribution is 2.28. The van der Waals surface area contributed by atoms with Crippen LogP contribution in [0.5, 0.6) is 5.75 Å². The molecular formula is C20H18FNO3. The number of hydrogen-bond acceptors (Lipinski definition) is 4. The number of rotatable bonds is 4. The first kappa shape index (κ1) is 16.9. The third-order valence-corrected chi connectivity index (χ3v) is 3.94. The van der Waals surface area contributed by atoms with Gasteiger partial charge in [0.15, 0.2) is 5.70 Å². The molecular weight excluding hydrogens is 321 g/mol. The Hall–Kier alpha value is -2.95. The molecule has 0 aliphatic carbocycles. The van der Waals surface area contributed by atoms with Crippen LogP contribution in [0.1, 0.15) is 36.5 Å². The summed E-state index contributed by atoms with van der Waals surface area (Å²) < 4.78 is 24.3. The molecule has 0 N–H and O–H groups in total. The number of hydrogen-bond donors (Lipinski definition) is 0. The van der Waals surface area contributed by atoms with Crippen LogP contribution in [0.2, 0.25) is 0 Å². The molecule has 0 radical (unpaired) electrons. The molecule has 0 atom stereocenters. The van der Waals surface area contributed by atoms with E-state index >= 15 is 0 Å². The minimum Gasteiger partial charge on any atom is -0.496 e. The third-order valence-electron chi connectivity index (χ3n) is 3.94. The van der Waals surface area contributed by atoms with Crippen LogP contribution in [0.3, 0.4) is 0 Å². The highest BCUT2D eigenvalue weighted by atomic mass is 19.1. The molecule has 5 heteroatoms. The van der Waals surface area contributed by atoms with E-state index in [1.54, 1.807) is 25.3 Å². The number of carbonyl (C=O) groups is 1. The van der Waals surface area contributed by atoms with Crippen LogP contribution in [0.15, 0.2) is 53.2 Å². The maximum absolute atomic E-state index is 13.9. The number of ether oxygens (including phenoxy) is 2. The number of benzene rings is 2. The van der Waals surface area contributed by atoms with Gasteiger partial charge in [-0.1, -0.05) is 32.0 Å². The number of methoxy groups -OCH3 is 1. The molecule has 1 aliphatic heterocycles. The molecule has 2 aromatic rings. The Labute approximate surface area is 145 Å². The van der Waals surface area contributed by atoms with Gasteiger partial charge in [-0.15, -0.1) is 0 Å². The lowest BCUT2D eigenvalue weighted by atomic mass is 10.00. The molecule has 25 heavy (non-hydrogen) atoms. The number of carbonyl (C=O) groups excluding carboxylic acids is 1. The number of halogens is 1. The molecule has 0 bridgehead atoms. The summed E-state index contributed by atoms with van der Waals surface area (Å²) in [4.78, 5) is 16.3. The summed E-state index contributed by atoms with van der Waals surface area (Å²) in [5.74, 6) is -0.187. The molecule has 0 fully saturated rings. The average Bonchev–Trinajstić information content (AvgIpc) is 2.95. The molecule has 1 heterocycles. The van der Waals surface area contributed by atoms with Gasteiger partial charge in [0.25, 0.3) is 0 Å². The maximum atomic E-state index is 13.9. The smallest absolute Gasteiger partial charge is 0.363 e. The van der Waals surface area contributed by atoms with Crippen molar-refractivity contribution in [2.45, 2.75) is 19.8 Å². The lowest BCUT2D eigenvalue weighted by Gasteiger charge is -2.10. The molecule has 128 valence electrons. The van der Waals surface area contributed by atoms with Gasteiger partial charge in [-0.3, -0.25) is 0 Å². The molecule has 0 aromatic heterocycles. The van der Waals surface area contributed by atoms with Crippen molar-refractivity contribution in [3.63, 3.8) is 0 Å². The van der Waals surface area contributed by atoms with Crippen LogP contribution >= 0.6 is 0 Å². The Morgan fingerprint density at radius 1 is 1.20 bits per heavy atom. The summed E-state index contributed by atoms with van der Waals surface area (Å²) in [5.41, 5.74) is 2.09. The fourth-order valence-corrected chi connectivity index (χ4v) is 2.53. The van der Waals surface area contributed by atoms with Crippen molar-refractivity contribution in [3.8, 4) is 5.75 Å². The van der Waals surface area contributed by atoms with E-state index in [0.717, 1.165) is 11.1 Å². The van der Waals surface area contributed by atoms with Gasteiger partial charge in [-0.25, -0.2) is 14.2 Å². The first-order valence-electron chi connectivity index (χ1n) is 7.95. The quantitative estimate of drug-likeness (QED) is 0.616. The summed E-state index contributed by atoms with van der Waals surface area (Å²) in [6.07, 6.45) is 1.60. The van der Waals surface area contributed by atoms with Gasteiger partial charge in [-0.2, -0.15) is 0 Å². The number of nitrogens with zero attached hydrogens (tertiary/aromatic N) is 1. The lowest BCUT2D eigenvalue weighted by Crippen LogP contribution is -2.07. The van der Waals surface area contributed by atoms with E-state index in [2.05, 4.69) is 18.8 Å². The van der Waals surface area contributed by atoms with Gasteiger partial charge < -0.3 is 9.47 Å². The second-order valence-electron chi connectivity index (χ2n) is 5.97. The zero-order valence-corrected chi connectivity index (χ0v) is 14.2. The number of aliphatic imine (C=N–C) groups is 1. The summed E-state index contributed by atoms with van der Waals surface area (Å²) in [6.45, 7) is 4.16. The zero-order valence-electron chi connectivity index (χ0n) is 14.2. The topological polar surface area (TPSA) is 47.9 Å². The van der Waals surface area contributed by atoms with Crippen molar-refractivity contribution in [1.82, 2.24) is 0 Å². The summed E-state index contributed by atoms with van der Waals surface area (Å²) in [7, 11) is 1.56. The standard InChI is InChI=1S/C20H18FNO3/c1-12(2)13-8-9-18(24-3)14(10-13)11-17-20(23)25-19(22-17)15-6-4-5-7-16(15)21/h4-12H,1-3H3/b17-11-. The Balaban J connectivity index is 2.03. The van der Waals surface area contributed by atoms with Crippen molar-refractivity contribution < 1.29 is 18.7 Å². The van der Waals surface area contributed by atoms with Crippen LogP contribution in [-0.2, 0) is 9.53 Å². The molecule has 3 rings (SSSR count). The van der Waals surface area contributed by atoms with Gasteiger partial charge in [0.05, 0.1) is 12.7 Å². The predicted molar refractivity (Wildman–Crippen MR) is 94.1 cm³/mol. The van der Waals surface area contributed by atoms with Crippen molar-refractivity contribution in [2.75, 3.05) is 7.11 Å². The van der Waals surface area contributed by atoms with Gasteiger partial charge in [0, 0.05) is 5.56 Å². The van der Waals surface area contributed by atoms with Gasteiger partial charge in [0.1, 0.15) is 11.6 Å². The van der Waals surface area contributed by atoms with E-state index in [9.17, 15) is 9.18 Å². The molecule has 0 saturated heterocycles. The molecule has 2 aromatic carbocycles. The summed E-state index contributed by atoms with van der Waals surface area (Å²) >= 11 is 0. The number of cyclic esters (lactones) is 1.